The molecule has 4 nitrogen and oxygen atoms in total. The molecule has 1 saturated heterocycles. The topological polar surface area (TPSA) is 43.8 Å². The number of rotatable bonds is 4. The molecule has 0 radical (unpaired) electrons. The molecule has 7 heteroatoms. The van der Waals surface area contributed by atoms with E-state index in [9.17, 15) is 9.90 Å². The van der Waals surface area contributed by atoms with Crippen molar-refractivity contribution in [1.29, 1.82) is 0 Å². The van der Waals surface area contributed by atoms with Gasteiger partial charge >= 0.3 is 0 Å². The van der Waals surface area contributed by atoms with Crippen LogP contribution in [0.2, 0.25) is 10.0 Å². The molecule has 0 aromatic heterocycles. The first kappa shape index (κ1) is 18.7. The number of aromatic hydroxyl groups is 1. The summed E-state index contributed by atoms with van der Waals surface area (Å²) in [5.41, 5.74) is 0.225. The van der Waals surface area contributed by atoms with E-state index in [0.29, 0.717) is 33.0 Å². The maximum Gasteiger partial charge on any atom is 0.263 e. The smallest absolute Gasteiger partial charge is 0.263 e. The van der Waals surface area contributed by atoms with Gasteiger partial charge in [-0.15, -0.1) is 6.58 Å². The maximum absolute atomic E-state index is 13.4. The molecule has 1 unspecified atom stereocenters. The van der Waals surface area contributed by atoms with Gasteiger partial charge in [0.05, 0.1) is 15.7 Å². The highest BCUT2D eigenvalue weighted by Crippen LogP contribution is 2.41. The summed E-state index contributed by atoms with van der Waals surface area (Å²) in [5.74, 6) is -0.0876. The average Bonchev–Trinajstić information content (AvgIpc) is 2.80. The highest BCUT2D eigenvalue weighted by molar-refractivity contribution is 7.80. The number of hydrogen-bond acceptors (Lipinski definition) is 3. The first-order valence-electron chi connectivity index (χ1n) is 7.82. The van der Waals surface area contributed by atoms with Gasteiger partial charge in [0.25, 0.3) is 5.91 Å². The van der Waals surface area contributed by atoms with E-state index in [1.54, 1.807) is 60.4 Å². The molecule has 2 aromatic carbocycles. The van der Waals surface area contributed by atoms with E-state index >= 15 is 0 Å². The summed E-state index contributed by atoms with van der Waals surface area (Å²) < 4.78 is 0. The molecule has 0 aliphatic carbocycles. The first-order chi connectivity index (χ1) is 12.3. The van der Waals surface area contributed by atoms with Crippen LogP contribution < -0.4 is 4.90 Å². The van der Waals surface area contributed by atoms with Crippen molar-refractivity contribution >= 4 is 52.1 Å². The zero-order valence-electron chi connectivity index (χ0n) is 13.9. The molecule has 26 heavy (non-hydrogen) atoms. The standard InChI is InChI=1S/C19H16Cl2N2O2S/c1-3-10-22-18(26)23(13-6-9-15(20)16(21)11-13)17(25)19(22,2)12-4-7-14(24)8-5-12/h3-9,11,24H,1,10H2,2H3. The highest BCUT2D eigenvalue weighted by atomic mass is 35.5. The Labute approximate surface area is 167 Å². The third-order valence-corrected chi connectivity index (χ3v) is 5.63. The second kappa shape index (κ2) is 6.91. The van der Waals surface area contributed by atoms with Gasteiger partial charge < -0.3 is 10.0 Å². The van der Waals surface area contributed by atoms with Crippen LogP contribution in [0.3, 0.4) is 0 Å². The van der Waals surface area contributed by atoms with E-state index in [0.717, 1.165) is 0 Å². The van der Waals surface area contributed by atoms with Crippen molar-refractivity contribution in [3.8, 4) is 5.75 Å². The third-order valence-electron chi connectivity index (χ3n) is 4.48. The van der Waals surface area contributed by atoms with Gasteiger partial charge in [0.1, 0.15) is 11.3 Å². The van der Waals surface area contributed by atoms with Crippen LogP contribution in [0, 0.1) is 0 Å². The Hall–Kier alpha value is -2.08. The van der Waals surface area contributed by atoms with Crippen LogP contribution in [0.4, 0.5) is 5.69 Å². The number of nitrogens with zero attached hydrogens (tertiary/aromatic N) is 2. The third kappa shape index (κ3) is 2.86. The first-order valence-corrected chi connectivity index (χ1v) is 8.98. The summed E-state index contributed by atoms with van der Waals surface area (Å²) in [6.45, 7) is 5.96. The Morgan fingerprint density at radius 1 is 1.19 bits per heavy atom. The van der Waals surface area contributed by atoms with Crippen LogP contribution >= 0.6 is 35.4 Å². The number of phenolic OH excluding ortho intramolecular Hbond substituents is 1. The summed E-state index contributed by atoms with van der Waals surface area (Å²) in [6, 6.07) is 11.5. The van der Waals surface area contributed by atoms with Gasteiger partial charge in [0.2, 0.25) is 0 Å². The van der Waals surface area contributed by atoms with Crippen LogP contribution in [0.5, 0.6) is 5.75 Å². The van der Waals surface area contributed by atoms with Crippen LogP contribution in [0.15, 0.2) is 55.1 Å². The van der Waals surface area contributed by atoms with E-state index in [2.05, 4.69) is 6.58 Å². The lowest BCUT2D eigenvalue weighted by Gasteiger charge is -2.32. The van der Waals surface area contributed by atoms with Crippen molar-refractivity contribution in [3.63, 3.8) is 0 Å². The summed E-state index contributed by atoms with van der Waals surface area (Å²) in [5, 5.41) is 10.7. The largest absolute Gasteiger partial charge is 0.508 e. The summed E-state index contributed by atoms with van der Waals surface area (Å²) >= 11 is 17.7. The average molecular weight is 407 g/mol. The van der Waals surface area contributed by atoms with Crippen molar-refractivity contribution in [1.82, 2.24) is 4.90 Å². The Bertz CT molecular complexity index is 901. The number of halogens is 2. The predicted molar refractivity (Wildman–Crippen MR) is 109 cm³/mol. The number of anilines is 1. The van der Waals surface area contributed by atoms with E-state index in [1.807, 2.05) is 0 Å². The van der Waals surface area contributed by atoms with Crippen LogP contribution in [0.25, 0.3) is 0 Å². The molecular formula is C19H16Cl2N2O2S. The summed E-state index contributed by atoms with van der Waals surface area (Å²) in [4.78, 5) is 16.7. The molecule has 1 fully saturated rings. The van der Waals surface area contributed by atoms with E-state index in [1.165, 1.54) is 4.90 Å². The molecule has 2 aromatic rings. The molecule has 0 spiro atoms. The number of phenols is 1. The fourth-order valence-corrected chi connectivity index (χ4v) is 3.78. The van der Waals surface area contributed by atoms with Gasteiger partial charge in [-0.05, 0) is 55.0 Å². The highest BCUT2D eigenvalue weighted by Gasteiger charge is 2.53. The van der Waals surface area contributed by atoms with Gasteiger partial charge in [0.15, 0.2) is 5.11 Å². The second-order valence-corrected chi connectivity index (χ2v) is 7.22. The fourth-order valence-electron chi connectivity index (χ4n) is 3.04. The predicted octanol–water partition coefficient (Wildman–Crippen LogP) is 4.73. The Morgan fingerprint density at radius 3 is 2.42 bits per heavy atom. The minimum atomic E-state index is -1.04. The number of hydrogen-bond donors (Lipinski definition) is 1. The molecule has 1 atom stereocenters. The SMILES string of the molecule is C=CCN1C(=S)N(c2ccc(Cl)c(Cl)c2)C(=O)C1(C)c1ccc(O)cc1. The van der Waals surface area contributed by atoms with Crippen molar-refractivity contribution in [2.24, 2.45) is 0 Å². The second-order valence-electron chi connectivity index (χ2n) is 6.04. The zero-order valence-corrected chi connectivity index (χ0v) is 16.3. The Kier molecular flexibility index (Phi) is 4.97. The van der Waals surface area contributed by atoms with Crippen molar-refractivity contribution in [2.75, 3.05) is 11.4 Å². The lowest BCUT2D eigenvalue weighted by molar-refractivity contribution is -0.124. The van der Waals surface area contributed by atoms with Crippen LogP contribution in [0.1, 0.15) is 12.5 Å². The van der Waals surface area contributed by atoms with Gasteiger partial charge in [-0.3, -0.25) is 9.69 Å². The number of amides is 1. The van der Waals surface area contributed by atoms with Crippen molar-refractivity contribution in [2.45, 2.75) is 12.5 Å². The number of carbonyl (C=O) groups excluding carboxylic acids is 1. The van der Waals surface area contributed by atoms with Gasteiger partial charge in [-0.1, -0.05) is 41.4 Å². The summed E-state index contributed by atoms with van der Waals surface area (Å²) in [7, 11) is 0. The van der Waals surface area contributed by atoms with Crippen LogP contribution in [-0.4, -0.2) is 27.6 Å². The lowest BCUT2D eigenvalue weighted by atomic mass is 9.90. The zero-order chi connectivity index (χ0) is 19.1. The lowest BCUT2D eigenvalue weighted by Crippen LogP contribution is -2.44. The van der Waals surface area contributed by atoms with Gasteiger partial charge in [-0.25, -0.2) is 0 Å². The van der Waals surface area contributed by atoms with E-state index in [4.69, 9.17) is 35.4 Å². The molecular weight excluding hydrogens is 391 g/mol. The Morgan fingerprint density at radius 2 is 1.85 bits per heavy atom. The normalized spacial score (nSPS) is 20.0. The quantitative estimate of drug-likeness (QED) is 0.588. The molecule has 1 aliphatic rings. The molecule has 134 valence electrons. The minimum absolute atomic E-state index is 0.127. The minimum Gasteiger partial charge on any atom is -0.508 e. The van der Waals surface area contributed by atoms with Crippen molar-refractivity contribution < 1.29 is 9.90 Å². The van der Waals surface area contributed by atoms with E-state index < -0.39 is 5.54 Å². The maximum atomic E-state index is 13.4. The molecule has 1 aliphatic heterocycles. The van der Waals surface area contributed by atoms with E-state index in [-0.39, 0.29) is 11.7 Å². The molecule has 1 amide bonds. The number of benzene rings is 2. The molecule has 1 N–H and O–H groups in total. The molecule has 1 heterocycles. The molecule has 0 saturated carbocycles. The molecule has 0 bridgehead atoms. The van der Waals surface area contributed by atoms with Gasteiger partial charge in [-0.2, -0.15) is 0 Å². The number of carbonyl (C=O) groups is 1. The fraction of sp³-hybridized carbons (Fsp3) is 0.158. The van der Waals surface area contributed by atoms with Crippen molar-refractivity contribution in [3.05, 3.63) is 70.7 Å². The Balaban J connectivity index is 2.13. The van der Waals surface area contributed by atoms with Crippen LogP contribution in [-0.2, 0) is 10.3 Å². The molecule has 3 rings (SSSR count). The van der Waals surface area contributed by atoms with Gasteiger partial charge in [0, 0.05) is 6.54 Å². The number of thiocarbonyl (C=S) groups is 1. The summed E-state index contributed by atoms with van der Waals surface area (Å²) in [6.07, 6.45) is 1.69. The monoisotopic (exact) mass is 406 g/mol.